The van der Waals surface area contributed by atoms with Crippen LogP contribution in [-0.4, -0.2) is 61.2 Å². The summed E-state index contributed by atoms with van der Waals surface area (Å²) in [7, 11) is 0. The van der Waals surface area contributed by atoms with Crippen molar-refractivity contribution in [1.82, 2.24) is 23.7 Å². The van der Waals surface area contributed by atoms with Crippen LogP contribution in [0.1, 0.15) is 33.9 Å². The zero-order chi connectivity index (χ0) is 31.6. The van der Waals surface area contributed by atoms with E-state index in [0.29, 0.717) is 37.7 Å². The number of pyridine rings is 2. The molecular weight excluding hydrogens is 578 g/mol. The minimum Gasteiger partial charge on any atom is -0.443 e. The van der Waals surface area contributed by atoms with E-state index >= 15 is 0 Å². The molecule has 0 radical (unpaired) electrons. The molecular formula is C37H31N5O4. The van der Waals surface area contributed by atoms with Crippen LogP contribution >= 0.6 is 0 Å². The van der Waals surface area contributed by atoms with E-state index in [1.54, 1.807) is 4.90 Å². The maximum absolute atomic E-state index is 12.3. The summed E-state index contributed by atoms with van der Waals surface area (Å²) in [6, 6.07) is 31.0. The second-order valence-electron chi connectivity index (χ2n) is 10.2. The molecule has 0 saturated carbocycles. The summed E-state index contributed by atoms with van der Waals surface area (Å²) < 4.78 is 14.5. The number of aromatic nitrogens is 4. The lowest BCUT2D eigenvalue weighted by atomic mass is 10.2. The van der Waals surface area contributed by atoms with Crippen LogP contribution in [0.3, 0.4) is 0 Å². The van der Waals surface area contributed by atoms with Crippen LogP contribution in [0.15, 0.2) is 109 Å². The summed E-state index contributed by atoms with van der Waals surface area (Å²) in [6.45, 7) is 2.14. The number of ether oxygens (including phenoxy) is 2. The predicted molar refractivity (Wildman–Crippen MR) is 174 cm³/mol. The number of fused-ring (bicyclic) bond motifs is 2. The van der Waals surface area contributed by atoms with Crippen molar-refractivity contribution in [2.75, 3.05) is 26.3 Å². The molecule has 1 aliphatic rings. The van der Waals surface area contributed by atoms with E-state index in [4.69, 9.17) is 9.47 Å². The number of carbonyl (C=O) groups is 1. The zero-order valence-corrected chi connectivity index (χ0v) is 25.0. The van der Waals surface area contributed by atoms with Crippen LogP contribution in [0.2, 0.25) is 0 Å². The third-order valence-corrected chi connectivity index (χ3v) is 7.15. The van der Waals surface area contributed by atoms with Crippen LogP contribution in [0, 0.1) is 23.7 Å². The van der Waals surface area contributed by atoms with Gasteiger partial charge >= 0.3 is 6.09 Å². The quantitative estimate of drug-likeness (QED) is 0.286. The average molecular weight is 610 g/mol. The van der Waals surface area contributed by atoms with Crippen molar-refractivity contribution in [2.45, 2.75) is 13.2 Å². The van der Waals surface area contributed by atoms with Gasteiger partial charge in [0.15, 0.2) is 0 Å². The number of hydrogen-bond donors (Lipinski definition) is 1. The van der Waals surface area contributed by atoms with Crippen LogP contribution in [0.4, 0.5) is 4.79 Å². The molecule has 1 aliphatic heterocycles. The number of rotatable bonds is 3. The molecule has 1 N–H and O–H groups in total. The molecule has 6 aromatic rings. The highest BCUT2D eigenvalue weighted by Gasteiger charge is 2.19. The van der Waals surface area contributed by atoms with Crippen molar-refractivity contribution < 1.29 is 19.4 Å². The highest BCUT2D eigenvalue weighted by Crippen LogP contribution is 2.15. The molecule has 9 nitrogen and oxygen atoms in total. The van der Waals surface area contributed by atoms with Crippen LogP contribution in [0.25, 0.3) is 11.3 Å². The molecule has 7 rings (SSSR count). The lowest BCUT2D eigenvalue weighted by Gasteiger charge is -2.25. The summed E-state index contributed by atoms with van der Waals surface area (Å²) in [5.74, 6) is 12.5. The van der Waals surface area contributed by atoms with Gasteiger partial charge in [-0.25, -0.2) is 14.8 Å². The maximum Gasteiger partial charge on any atom is 0.410 e. The summed E-state index contributed by atoms with van der Waals surface area (Å²) in [6.07, 6.45) is 3.46. The number of benzene rings is 2. The monoisotopic (exact) mass is 609 g/mol. The average Bonchev–Trinajstić information content (AvgIpc) is 3.67. The Hall–Kier alpha value is -5.87. The summed E-state index contributed by atoms with van der Waals surface area (Å²) in [5, 5.41) is 9.37. The standard InChI is InChI=1S/C21H19N3O3.C16H12N2O/c25-21(23-12-14-26-15-13-23)27-16-18-19(10-9-17-6-2-1-3-7-17)24-11-5-4-8-20(24)22-18;19-12-14-15(10-9-13-6-2-1-3-7-13)18-11-5-4-8-16(18)17-14/h1-8,11H,12-16H2;1-8,11,19H,12H2. The second kappa shape index (κ2) is 14.7. The van der Waals surface area contributed by atoms with E-state index < -0.39 is 0 Å². The Balaban J connectivity index is 0.000000172. The summed E-state index contributed by atoms with van der Waals surface area (Å²) >= 11 is 0. The van der Waals surface area contributed by atoms with Gasteiger partial charge in [0.1, 0.15) is 40.7 Å². The van der Waals surface area contributed by atoms with Crippen LogP contribution < -0.4 is 0 Å². The van der Waals surface area contributed by atoms with Crippen molar-refractivity contribution in [3.05, 3.63) is 143 Å². The molecule has 1 amide bonds. The number of morpholine rings is 1. The van der Waals surface area contributed by atoms with Gasteiger partial charge in [0, 0.05) is 36.6 Å². The Morgan fingerprint density at radius 3 is 1.74 bits per heavy atom. The van der Waals surface area contributed by atoms with Crippen molar-refractivity contribution in [1.29, 1.82) is 0 Å². The third kappa shape index (κ3) is 7.25. The molecule has 0 aliphatic carbocycles. The van der Waals surface area contributed by atoms with Gasteiger partial charge in [0.25, 0.3) is 0 Å². The summed E-state index contributed by atoms with van der Waals surface area (Å²) in [4.78, 5) is 22.8. The van der Waals surface area contributed by atoms with E-state index in [2.05, 4.69) is 33.6 Å². The molecule has 5 heterocycles. The molecule has 0 unspecified atom stereocenters. The third-order valence-electron chi connectivity index (χ3n) is 7.15. The molecule has 0 atom stereocenters. The normalized spacial score (nSPS) is 12.3. The largest absolute Gasteiger partial charge is 0.443 e. The number of aliphatic hydroxyl groups is 1. The minimum absolute atomic E-state index is 0.0800. The molecule has 0 bridgehead atoms. The summed E-state index contributed by atoms with van der Waals surface area (Å²) in [5.41, 5.74) is 6.14. The molecule has 9 heteroatoms. The molecule has 1 saturated heterocycles. The zero-order valence-electron chi connectivity index (χ0n) is 25.0. The molecule has 46 heavy (non-hydrogen) atoms. The number of hydrogen-bond acceptors (Lipinski definition) is 6. The predicted octanol–water partition coefficient (Wildman–Crippen LogP) is 4.93. The lowest BCUT2D eigenvalue weighted by Crippen LogP contribution is -2.40. The molecule has 1 fully saturated rings. The highest BCUT2D eigenvalue weighted by molar-refractivity contribution is 5.67. The van der Waals surface area contributed by atoms with Gasteiger partial charge in [-0.2, -0.15) is 0 Å². The van der Waals surface area contributed by atoms with Crippen molar-refractivity contribution in [2.24, 2.45) is 0 Å². The first-order valence-corrected chi connectivity index (χ1v) is 14.9. The minimum atomic E-state index is -0.350. The Bertz CT molecular complexity index is 2060. The van der Waals surface area contributed by atoms with Gasteiger partial charge in [-0.1, -0.05) is 60.4 Å². The SMILES string of the molecule is O=C(OCc1nc2ccccn2c1C#Cc1ccccc1)N1CCOCC1.OCc1nc2ccccn2c1C#Cc1ccccc1. The van der Waals surface area contributed by atoms with Gasteiger partial charge in [-0.3, -0.25) is 8.80 Å². The number of amides is 1. The van der Waals surface area contributed by atoms with E-state index in [1.807, 2.05) is 118 Å². The lowest BCUT2D eigenvalue weighted by molar-refractivity contribution is 0.0246. The van der Waals surface area contributed by atoms with Crippen LogP contribution in [-0.2, 0) is 22.7 Å². The molecule has 4 aromatic heterocycles. The first-order chi connectivity index (χ1) is 22.7. The first-order valence-electron chi connectivity index (χ1n) is 14.9. The Labute approximate surface area is 266 Å². The van der Waals surface area contributed by atoms with E-state index in [1.165, 1.54) is 0 Å². The molecule has 0 spiro atoms. The fourth-order valence-electron chi connectivity index (χ4n) is 4.84. The highest BCUT2D eigenvalue weighted by atomic mass is 16.6. The topological polar surface area (TPSA) is 93.6 Å². The maximum atomic E-state index is 12.3. The van der Waals surface area contributed by atoms with Gasteiger partial charge in [-0.05, 0) is 60.4 Å². The van der Waals surface area contributed by atoms with Crippen molar-refractivity contribution in [3.63, 3.8) is 0 Å². The molecule has 228 valence electrons. The van der Waals surface area contributed by atoms with Gasteiger partial charge in [0.05, 0.1) is 19.8 Å². The van der Waals surface area contributed by atoms with E-state index in [9.17, 15) is 9.90 Å². The number of carbonyl (C=O) groups excluding carboxylic acids is 1. The number of nitrogens with zero attached hydrogens (tertiary/aromatic N) is 5. The number of imidazole rings is 2. The van der Waals surface area contributed by atoms with Gasteiger partial charge in [-0.15, -0.1) is 0 Å². The smallest absolute Gasteiger partial charge is 0.410 e. The fourth-order valence-corrected chi connectivity index (χ4v) is 4.84. The fraction of sp³-hybridized carbons (Fsp3) is 0.162. The van der Waals surface area contributed by atoms with E-state index in [0.717, 1.165) is 33.8 Å². The van der Waals surface area contributed by atoms with E-state index in [-0.39, 0.29) is 19.3 Å². The van der Waals surface area contributed by atoms with Crippen LogP contribution in [0.5, 0.6) is 0 Å². The Morgan fingerprint density at radius 2 is 1.20 bits per heavy atom. The van der Waals surface area contributed by atoms with Gasteiger partial charge in [0.2, 0.25) is 0 Å². The Kier molecular flexibility index (Phi) is 9.67. The molecule has 2 aromatic carbocycles. The number of aliphatic hydroxyl groups excluding tert-OH is 1. The van der Waals surface area contributed by atoms with Crippen molar-refractivity contribution in [3.8, 4) is 23.7 Å². The Morgan fingerprint density at radius 1 is 0.696 bits per heavy atom. The first kappa shape index (κ1) is 30.2. The van der Waals surface area contributed by atoms with Gasteiger partial charge < -0.3 is 19.5 Å². The second-order valence-corrected chi connectivity index (χ2v) is 10.2. The van der Waals surface area contributed by atoms with Crippen molar-refractivity contribution >= 4 is 17.4 Å².